The molecule has 1 aliphatic heterocycles. The Morgan fingerprint density at radius 2 is 1.76 bits per heavy atom. The number of aromatic nitrogens is 3. The normalized spacial score (nSPS) is 15.5. The second kappa shape index (κ2) is 9.60. The van der Waals surface area contributed by atoms with E-state index in [9.17, 15) is 14.4 Å². The fraction of sp³-hybridized carbons (Fsp3) is 0.286. The third-order valence-electron chi connectivity index (χ3n) is 6.84. The fourth-order valence-electron chi connectivity index (χ4n) is 4.83. The number of benzene rings is 2. The topological polar surface area (TPSA) is 90.8 Å². The molecule has 38 heavy (non-hydrogen) atoms. The lowest BCUT2D eigenvalue weighted by atomic mass is 9.95. The Balaban J connectivity index is 1.70. The van der Waals surface area contributed by atoms with Gasteiger partial charge in [0.15, 0.2) is 4.80 Å². The van der Waals surface area contributed by atoms with Crippen LogP contribution in [0.2, 0.25) is 0 Å². The molecule has 2 aromatic carbocycles. The number of allylic oxidation sites excluding steroid dienone is 1. The molecule has 1 unspecified atom stereocenters. The van der Waals surface area contributed by atoms with Crippen LogP contribution in [0.1, 0.15) is 31.0 Å². The zero-order valence-electron chi connectivity index (χ0n) is 22.2. The molecule has 10 heteroatoms. The van der Waals surface area contributed by atoms with Gasteiger partial charge in [-0.25, -0.2) is 14.6 Å². The minimum atomic E-state index is -0.666. The summed E-state index contributed by atoms with van der Waals surface area (Å²) in [6, 6.07) is 12.8. The Labute approximate surface area is 222 Å². The van der Waals surface area contributed by atoms with E-state index < -0.39 is 12.0 Å². The Kier molecular flexibility index (Phi) is 6.44. The van der Waals surface area contributed by atoms with Gasteiger partial charge in [-0.1, -0.05) is 29.5 Å². The third kappa shape index (κ3) is 4.10. The zero-order chi connectivity index (χ0) is 27.3. The van der Waals surface area contributed by atoms with E-state index in [1.807, 2.05) is 61.5 Å². The smallest absolute Gasteiger partial charge is 0.338 e. The quantitative estimate of drug-likeness (QED) is 0.368. The van der Waals surface area contributed by atoms with E-state index in [-0.39, 0.29) is 17.9 Å². The SMILES string of the molecule is CCOC(=O)C1=C(C)N=c2s/c(=C/c3ccc4c(c3)n(C)c(=O)n4C)c(=O)n2C1c1ccc(N(C)C)cc1. The van der Waals surface area contributed by atoms with Gasteiger partial charge in [0.05, 0.1) is 39.5 Å². The lowest BCUT2D eigenvalue weighted by Crippen LogP contribution is -2.39. The average Bonchev–Trinajstić information content (AvgIpc) is 3.31. The number of rotatable bonds is 5. The highest BCUT2D eigenvalue weighted by Gasteiger charge is 2.33. The first-order valence-corrected chi connectivity index (χ1v) is 13.1. The number of imidazole rings is 1. The van der Waals surface area contributed by atoms with Crippen LogP contribution in [-0.2, 0) is 23.6 Å². The molecule has 5 rings (SSSR count). The number of carbonyl (C=O) groups excluding carboxylic acids is 1. The molecule has 0 aliphatic carbocycles. The van der Waals surface area contributed by atoms with Crippen molar-refractivity contribution < 1.29 is 9.53 Å². The lowest BCUT2D eigenvalue weighted by Gasteiger charge is -2.25. The molecule has 2 aromatic heterocycles. The van der Waals surface area contributed by atoms with E-state index in [1.54, 1.807) is 47.7 Å². The molecule has 1 atom stereocenters. The van der Waals surface area contributed by atoms with Crippen LogP contribution in [0.25, 0.3) is 17.1 Å². The molecule has 0 saturated carbocycles. The van der Waals surface area contributed by atoms with E-state index >= 15 is 0 Å². The number of aryl methyl sites for hydroxylation is 2. The van der Waals surface area contributed by atoms with Crippen LogP contribution in [0.3, 0.4) is 0 Å². The van der Waals surface area contributed by atoms with Crippen LogP contribution in [-0.4, -0.2) is 40.4 Å². The van der Waals surface area contributed by atoms with E-state index in [0.29, 0.717) is 20.6 Å². The first-order valence-electron chi connectivity index (χ1n) is 12.2. The number of anilines is 1. The molecule has 0 bridgehead atoms. The highest BCUT2D eigenvalue weighted by molar-refractivity contribution is 7.07. The van der Waals surface area contributed by atoms with E-state index in [4.69, 9.17) is 4.74 Å². The summed E-state index contributed by atoms with van der Waals surface area (Å²) in [4.78, 5) is 46.4. The van der Waals surface area contributed by atoms with Gasteiger partial charge in [-0.05, 0) is 55.3 Å². The molecule has 0 amide bonds. The van der Waals surface area contributed by atoms with Gasteiger partial charge in [0.25, 0.3) is 5.56 Å². The van der Waals surface area contributed by atoms with Crippen molar-refractivity contribution in [3.8, 4) is 0 Å². The van der Waals surface area contributed by atoms with Crippen LogP contribution in [0, 0.1) is 0 Å². The molecule has 0 N–H and O–H groups in total. The number of esters is 1. The summed E-state index contributed by atoms with van der Waals surface area (Å²) in [5.41, 5.74) is 4.70. The van der Waals surface area contributed by atoms with Crippen LogP contribution in [0.5, 0.6) is 0 Å². The summed E-state index contributed by atoms with van der Waals surface area (Å²) >= 11 is 1.27. The van der Waals surface area contributed by atoms with Crippen molar-refractivity contribution in [2.45, 2.75) is 19.9 Å². The summed E-state index contributed by atoms with van der Waals surface area (Å²) < 4.78 is 10.6. The Morgan fingerprint density at radius 1 is 1.08 bits per heavy atom. The van der Waals surface area contributed by atoms with Crippen molar-refractivity contribution >= 4 is 40.1 Å². The molecule has 4 aromatic rings. The van der Waals surface area contributed by atoms with Gasteiger partial charge in [0.2, 0.25) is 0 Å². The highest BCUT2D eigenvalue weighted by atomic mass is 32.1. The Hall–Kier alpha value is -4.18. The van der Waals surface area contributed by atoms with Crippen LogP contribution in [0.15, 0.2) is 68.3 Å². The van der Waals surface area contributed by atoms with E-state index in [0.717, 1.165) is 27.8 Å². The molecule has 0 radical (unpaired) electrons. The molecule has 196 valence electrons. The summed E-state index contributed by atoms with van der Waals surface area (Å²) in [5, 5.41) is 0. The summed E-state index contributed by atoms with van der Waals surface area (Å²) in [6.07, 6.45) is 1.80. The second-order valence-electron chi connectivity index (χ2n) is 9.44. The van der Waals surface area contributed by atoms with Gasteiger partial charge in [0, 0.05) is 33.9 Å². The maximum Gasteiger partial charge on any atom is 0.338 e. The van der Waals surface area contributed by atoms with Crippen molar-refractivity contribution in [1.82, 2.24) is 13.7 Å². The van der Waals surface area contributed by atoms with Gasteiger partial charge in [-0.2, -0.15) is 0 Å². The number of nitrogens with zero attached hydrogens (tertiary/aromatic N) is 5. The lowest BCUT2D eigenvalue weighted by molar-refractivity contribution is -0.139. The molecule has 0 fully saturated rings. The van der Waals surface area contributed by atoms with Crippen molar-refractivity contribution in [2.24, 2.45) is 19.1 Å². The number of fused-ring (bicyclic) bond motifs is 2. The predicted molar refractivity (Wildman–Crippen MR) is 149 cm³/mol. The molecule has 9 nitrogen and oxygen atoms in total. The Bertz CT molecular complexity index is 1850. The number of hydrogen-bond donors (Lipinski definition) is 0. The highest BCUT2D eigenvalue weighted by Crippen LogP contribution is 2.31. The summed E-state index contributed by atoms with van der Waals surface area (Å²) in [7, 11) is 7.37. The monoisotopic (exact) mass is 531 g/mol. The third-order valence-corrected chi connectivity index (χ3v) is 7.82. The molecule has 0 spiro atoms. The number of ether oxygens (including phenoxy) is 1. The molecular weight excluding hydrogens is 502 g/mol. The van der Waals surface area contributed by atoms with Gasteiger partial charge in [0.1, 0.15) is 0 Å². The van der Waals surface area contributed by atoms with Crippen LogP contribution in [0.4, 0.5) is 5.69 Å². The minimum absolute atomic E-state index is 0.112. The first-order chi connectivity index (χ1) is 18.1. The average molecular weight is 532 g/mol. The minimum Gasteiger partial charge on any atom is -0.463 e. The van der Waals surface area contributed by atoms with Gasteiger partial charge in [-0.3, -0.25) is 18.5 Å². The maximum atomic E-state index is 13.8. The zero-order valence-corrected chi connectivity index (χ0v) is 23.0. The van der Waals surface area contributed by atoms with Gasteiger partial charge >= 0.3 is 11.7 Å². The van der Waals surface area contributed by atoms with Crippen molar-refractivity contribution in [2.75, 3.05) is 25.6 Å². The summed E-state index contributed by atoms with van der Waals surface area (Å²) in [5.74, 6) is -0.486. The largest absolute Gasteiger partial charge is 0.463 e. The van der Waals surface area contributed by atoms with Gasteiger partial charge in [-0.15, -0.1) is 0 Å². The van der Waals surface area contributed by atoms with E-state index in [2.05, 4.69) is 4.99 Å². The van der Waals surface area contributed by atoms with Crippen molar-refractivity contribution in [1.29, 1.82) is 0 Å². The van der Waals surface area contributed by atoms with Crippen LogP contribution < -0.4 is 25.5 Å². The summed E-state index contributed by atoms with van der Waals surface area (Å²) in [6.45, 7) is 3.74. The molecule has 0 saturated heterocycles. The first kappa shape index (κ1) is 25.5. The molecule has 1 aliphatic rings. The van der Waals surface area contributed by atoms with E-state index in [1.165, 1.54) is 11.3 Å². The Morgan fingerprint density at radius 3 is 2.42 bits per heavy atom. The number of thiazole rings is 1. The number of carbonyl (C=O) groups is 1. The van der Waals surface area contributed by atoms with Gasteiger partial charge < -0.3 is 9.64 Å². The molecule has 3 heterocycles. The van der Waals surface area contributed by atoms with Crippen LogP contribution >= 0.6 is 11.3 Å². The molecular formula is C28H29N5O4S. The maximum absolute atomic E-state index is 13.8. The number of hydrogen-bond acceptors (Lipinski definition) is 7. The fourth-order valence-corrected chi connectivity index (χ4v) is 5.87. The predicted octanol–water partition coefficient (Wildman–Crippen LogP) is 2.05. The van der Waals surface area contributed by atoms with Crippen molar-refractivity contribution in [3.63, 3.8) is 0 Å². The van der Waals surface area contributed by atoms with Crippen molar-refractivity contribution in [3.05, 3.63) is 95.0 Å². The second-order valence-corrected chi connectivity index (χ2v) is 10.4. The standard InChI is InChI=1S/C28H29N5O4S/c1-7-37-26(35)23-16(2)29-27-33(24(23)18-9-11-19(12-10-18)30(3)4)25(34)22(38-27)15-17-8-13-20-21(14-17)32(6)28(36)31(20)5/h8-15,24H,7H2,1-6H3/b22-15+.